The van der Waals surface area contributed by atoms with Crippen molar-refractivity contribution in [1.82, 2.24) is 0 Å². The van der Waals surface area contributed by atoms with Crippen molar-refractivity contribution in [2.24, 2.45) is 0 Å². The van der Waals surface area contributed by atoms with Crippen LogP contribution in [0.5, 0.6) is 11.5 Å². The van der Waals surface area contributed by atoms with Crippen molar-refractivity contribution in [2.75, 3.05) is 22.5 Å². The van der Waals surface area contributed by atoms with Crippen LogP contribution >= 0.6 is 11.6 Å². The zero-order valence-corrected chi connectivity index (χ0v) is 18.0. The molecule has 1 unspecified atom stereocenters. The summed E-state index contributed by atoms with van der Waals surface area (Å²) in [5.41, 5.74) is 1.61. The zero-order valence-electron chi connectivity index (χ0n) is 16.4. The fraction of sp³-hybridized carbons (Fsp3) is 0.182. The number of ether oxygens (including phenoxy) is 1. The molecule has 0 amide bonds. The number of rotatable bonds is 9. The third kappa shape index (κ3) is 5.89. The third-order valence-corrected chi connectivity index (χ3v) is 6.16. The molecule has 3 aromatic rings. The van der Waals surface area contributed by atoms with E-state index in [0.29, 0.717) is 28.4 Å². The summed E-state index contributed by atoms with van der Waals surface area (Å²) >= 11 is 5.59. The van der Waals surface area contributed by atoms with Crippen molar-refractivity contribution in [3.05, 3.63) is 78.4 Å². The molecule has 3 aromatic carbocycles. The third-order valence-electron chi connectivity index (χ3n) is 4.28. The van der Waals surface area contributed by atoms with E-state index in [9.17, 15) is 13.5 Å². The molecular weight excluding hydrogens is 424 g/mol. The van der Waals surface area contributed by atoms with Gasteiger partial charge in [-0.2, -0.15) is 0 Å². The molecule has 0 aliphatic rings. The van der Waals surface area contributed by atoms with Crippen LogP contribution in [0.15, 0.2) is 77.7 Å². The van der Waals surface area contributed by atoms with Crippen LogP contribution in [-0.4, -0.2) is 32.1 Å². The van der Waals surface area contributed by atoms with Crippen molar-refractivity contribution in [1.29, 1.82) is 0 Å². The average molecular weight is 447 g/mol. The fourth-order valence-electron chi connectivity index (χ4n) is 2.72. The molecule has 0 aliphatic carbocycles. The van der Waals surface area contributed by atoms with Crippen molar-refractivity contribution in [3.63, 3.8) is 0 Å². The quantitative estimate of drug-likeness (QED) is 0.418. The van der Waals surface area contributed by atoms with Crippen molar-refractivity contribution in [2.45, 2.75) is 17.9 Å². The van der Waals surface area contributed by atoms with E-state index < -0.39 is 16.1 Å². The SMILES string of the molecule is Cc1ccc(NCC(O)CCl)cc1S(=O)(=O)Nc1ccc(Oc2ccccc2)cc1. The van der Waals surface area contributed by atoms with Crippen LogP contribution in [0.3, 0.4) is 0 Å². The molecule has 6 nitrogen and oxygen atoms in total. The summed E-state index contributed by atoms with van der Waals surface area (Å²) in [6, 6.07) is 21.0. The van der Waals surface area contributed by atoms with Crippen LogP contribution in [0.1, 0.15) is 5.56 Å². The maximum Gasteiger partial charge on any atom is 0.262 e. The summed E-state index contributed by atoms with van der Waals surface area (Å²) in [7, 11) is -3.80. The Hall–Kier alpha value is -2.74. The Morgan fingerprint density at radius 3 is 2.27 bits per heavy atom. The van der Waals surface area contributed by atoms with Gasteiger partial charge in [-0.05, 0) is 61.0 Å². The molecule has 0 heterocycles. The van der Waals surface area contributed by atoms with Gasteiger partial charge in [0.05, 0.1) is 16.9 Å². The lowest BCUT2D eigenvalue weighted by Crippen LogP contribution is -2.21. The summed E-state index contributed by atoms with van der Waals surface area (Å²) < 4.78 is 34.1. The first-order valence-corrected chi connectivity index (χ1v) is 11.3. The Morgan fingerprint density at radius 1 is 0.967 bits per heavy atom. The highest BCUT2D eigenvalue weighted by molar-refractivity contribution is 7.92. The number of sulfonamides is 1. The Bertz CT molecular complexity index is 1070. The number of aliphatic hydroxyl groups is 1. The molecule has 0 aromatic heterocycles. The lowest BCUT2D eigenvalue weighted by Gasteiger charge is -2.14. The number of alkyl halides is 1. The van der Waals surface area contributed by atoms with Crippen molar-refractivity contribution < 1.29 is 18.3 Å². The molecule has 0 aliphatic heterocycles. The minimum atomic E-state index is -3.80. The second-order valence-electron chi connectivity index (χ2n) is 6.71. The lowest BCUT2D eigenvalue weighted by atomic mass is 10.2. The second-order valence-corrected chi connectivity index (χ2v) is 8.67. The first-order valence-electron chi connectivity index (χ1n) is 9.32. The van der Waals surface area contributed by atoms with E-state index in [1.54, 1.807) is 43.3 Å². The Morgan fingerprint density at radius 2 is 1.60 bits per heavy atom. The van der Waals surface area contributed by atoms with Crippen LogP contribution in [0.25, 0.3) is 0 Å². The highest BCUT2D eigenvalue weighted by atomic mass is 35.5. The molecule has 0 bridgehead atoms. The minimum absolute atomic E-state index is 0.0928. The van der Waals surface area contributed by atoms with E-state index in [4.69, 9.17) is 16.3 Å². The predicted octanol–water partition coefficient (Wildman–Crippen LogP) is 4.60. The number of nitrogens with one attached hydrogen (secondary N) is 2. The summed E-state index contributed by atoms with van der Waals surface area (Å²) in [4.78, 5) is 0.150. The standard InChI is InChI=1S/C22H23ClN2O4S/c1-16-7-8-18(24-15-19(26)14-23)13-22(16)30(27,28)25-17-9-11-21(12-10-17)29-20-5-3-2-4-6-20/h2-13,19,24-26H,14-15H2,1H3. The van der Waals surface area contributed by atoms with Gasteiger partial charge in [-0.1, -0.05) is 24.3 Å². The van der Waals surface area contributed by atoms with E-state index in [2.05, 4.69) is 10.0 Å². The van der Waals surface area contributed by atoms with Crippen LogP contribution in [0.2, 0.25) is 0 Å². The summed E-state index contributed by atoms with van der Waals surface area (Å²) in [6.45, 7) is 1.95. The molecule has 0 saturated carbocycles. The van der Waals surface area contributed by atoms with Crippen LogP contribution in [0, 0.1) is 6.92 Å². The molecule has 0 saturated heterocycles. The van der Waals surface area contributed by atoms with Crippen LogP contribution in [0.4, 0.5) is 11.4 Å². The number of benzene rings is 3. The van der Waals surface area contributed by atoms with Crippen molar-refractivity contribution in [3.8, 4) is 11.5 Å². The van der Waals surface area contributed by atoms with Gasteiger partial charge in [0.2, 0.25) is 0 Å². The van der Waals surface area contributed by atoms with E-state index in [0.717, 1.165) is 0 Å². The Kier molecular flexibility index (Phi) is 7.20. The molecule has 1 atom stereocenters. The highest BCUT2D eigenvalue weighted by Crippen LogP contribution is 2.26. The molecular formula is C22H23ClN2O4S. The molecule has 0 spiro atoms. The monoisotopic (exact) mass is 446 g/mol. The van der Waals surface area contributed by atoms with Gasteiger partial charge < -0.3 is 15.2 Å². The van der Waals surface area contributed by atoms with Gasteiger partial charge in [-0.15, -0.1) is 11.6 Å². The van der Waals surface area contributed by atoms with E-state index >= 15 is 0 Å². The Labute approximate surface area is 181 Å². The molecule has 158 valence electrons. The summed E-state index contributed by atoms with van der Waals surface area (Å²) in [5, 5.41) is 12.6. The predicted molar refractivity (Wildman–Crippen MR) is 120 cm³/mol. The van der Waals surface area contributed by atoms with Crippen LogP contribution in [-0.2, 0) is 10.0 Å². The topological polar surface area (TPSA) is 87.7 Å². The molecule has 0 radical (unpaired) electrons. The van der Waals surface area contributed by atoms with Gasteiger partial charge >= 0.3 is 0 Å². The molecule has 3 rings (SSSR count). The van der Waals surface area contributed by atoms with Crippen molar-refractivity contribution >= 4 is 33.0 Å². The van der Waals surface area contributed by atoms with E-state index in [1.807, 2.05) is 30.3 Å². The normalized spacial score (nSPS) is 12.2. The molecule has 0 fully saturated rings. The number of hydrogen-bond acceptors (Lipinski definition) is 5. The maximum atomic E-state index is 12.9. The van der Waals surface area contributed by atoms with Crippen LogP contribution < -0.4 is 14.8 Å². The number of anilines is 2. The average Bonchev–Trinajstić information content (AvgIpc) is 2.74. The van der Waals surface area contributed by atoms with Gasteiger partial charge in [0.15, 0.2) is 0 Å². The minimum Gasteiger partial charge on any atom is -0.457 e. The largest absolute Gasteiger partial charge is 0.457 e. The zero-order chi connectivity index (χ0) is 21.6. The number of para-hydroxylation sites is 1. The van der Waals surface area contributed by atoms with Gasteiger partial charge in [0.25, 0.3) is 10.0 Å². The van der Waals surface area contributed by atoms with Gasteiger partial charge in [0.1, 0.15) is 11.5 Å². The van der Waals surface area contributed by atoms with Gasteiger partial charge in [-0.3, -0.25) is 4.72 Å². The molecule has 3 N–H and O–H groups in total. The van der Waals surface area contributed by atoms with Gasteiger partial charge in [0, 0.05) is 17.9 Å². The maximum absolute atomic E-state index is 12.9. The number of aliphatic hydroxyl groups excluding tert-OH is 1. The molecule has 30 heavy (non-hydrogen) atoms. The van der Waals surface area contributed by atoms with E-state index in [-0.39, 0.29) is 17.3 Å². The fourth-order valence-corrected chi connectivity index (χ4v) is 4.16. The number of aryl methyl sites for hydroxylation is 1. The number of hydrogen-bond donors (Lipinski definition) is 3. The van der Waals surface area contributed by atoms with Gasteiger partial charge in [-0.25, -0.2) is 8.42 Å². The first kappa shape index (κ1) is 22.0. The molecule has 8 heteroatoms. The summed E-state index contributed by atoms with van der Waals surface area (Å²) in [5.74, 6) is 1.39. The highest BCUT2D eigenvalue weighted by Gasteiger charge is 2.18. The van der Waals surface area contributed by atoms with E-state index in [1.165, 1.54) is 6.07 Å². The summed E-state index contributed by atoms with van der Waals surface area (Å²) in [6.07, 6.45) is -0.720. The Balaban J connectivity index is 1.72. The number of halogens is 1. The second kappa shape index (κ2) is 9.84. The first-order chi connectivity index (χ1) is 14.4. The smallest absolute Gasteiger partial charge is 0.262 e. The lowest BCUT2D eigenvalue weighted by molar-refractivity contribution is 0.211.